The first kappa shape index (κ1) is 25.8. The molecule has 1 aromatic carbocycles. The molecule has 1 aliphatic rings. The Kier molecular flexibility index (Phi) is 8.04. The zero-order valence-electron chi connectivity index (χ0n) is 19.9. The molecular weight excluding hydrogens is 472 g/mol. The molecule has 0 aliphatic carbocycles. The van der Waals surface area contributed by atoms with Crippen LogP contribution in [0.1, 0.15) is 44.4 Å². The van der Waals surface area contributed by atoms with E-state index in [-0.39, 0.29) is 46.8 Å². The number of aromatic nitrogens is 2. The van der Waals surface area contributed by atoms with Gasteiger partial charge >= 0.3 is 0 Å². The molecule has 182 valence electrons. The van der Waals surface area contributed by atoms with Gasteiger partial charge in [0, 0.05) is 32.6 Å². The summed E-state index contributed by atoms with van der Waals surface area (Å²) in [5.41, 5.74) is 1.64. The van der Waals surface area contributed by atoms with Gasteiger partial charge in [0.2, 0.25) is 17.7 Å². The summed E-state index contributed by atoms with van der Waals surface area (Å²) >= 11 is 10.7. The van der Waals surface area contributed by atoms with Crippen molar-refractivity contribution >= 4 is 41.4 Å². The van der Waals surface area contributed by atoms with Crippen LogP contribution >= 0.6 is 24.4 Å². The van der Waals surface area contributed by atoms with E-state index in [1.165, 1.54) is 14.4 Å². The Balaban J connectivity index is 1.86. The fourth-order valence-electron chi connectivity index (χ4n) is 4.27. The maximum atomic E-state index is 12.9. The molecule has 3 rings (SSSR count). The van der Waals surface area contributed by atoms with Crippen LogP contribution in [0.25, 0.3) is 0 Å². The van der Waals surface area contributed by atoms with E-state index < -0.39 is 5.92 Å². The first-order valence-electron chi connectivity index (χ1n) is 11.5. The molecule has 10 heteroatoms. The third kappa shape index (κ3) is 4.56. The van der Waals surface area contributed by atoms with Gasteiger partial charge in [0.05, 0.1) is 5.56 Å². The van der Waals surface area contributed by atoms with Crippen molar-refractivity contribution in [3.8, 4) is 5.88 Å². The van der Waals surface area contributed by atoms with Gasteiger partial charge in [0.25, 0.3) is 5.56 Å². The number of amides is 2. The smallest absolute Gasteiger partial charge is 0.261 e. The van der Waals surface area contributed by atoms with Crippen molar-refractivity contribution in [3.63, 3.8) is 0 Å². The quantitative estimate of drug-likeness (QED) is 0.441. The lowest BCUT2D eigenvalue weighted by molar-refractivity contribution is -0.146. The minimum absolute atomic E-state index is 0.111. The van der Waals surface area contributed by atoms with Crippen LogP contribution in [0.3, 0.4) is 0 Å². The number of benzene rings is 1. The van der Waals surface area contributed by atoms with Gasteiger partial charge in [-0.1, -0.05) is 24.3 Å². The summed E-state index contributed by atoms with van der Waals surface area (Å²) in [7, 11) is 0. The van der Waals surface area contributed by atoms with E-state index in [0.717, 1.165) is 11.1 Å². The Morgan fingerprint density at radius 1 is 0.794 bits per heavy atom. The largest absolute Gasteiger partial charge is 0.494 e. The molecule has 0 saturated carbocycles. The Morgan fingerprint density at radius 3 is 1.76 bits per heavy atom. The van der Waals surface area contributed by atoms with Crippen molar-refractivity contribution in [2.75, 3.05) is 13.1 Å². The van der Waals surface area contributed by atoms with Crippen molar-refractivity contribution in [2.24, 2.45) is 5.92 Å². The maximum Gasteiger partial charge on any atom is 0.261 e. The molecule has 1 saturated heterocycles. The van der Waals surface area contributed by atoms with Gasteiger partial charge in [0.15, 0.2) is 9.88 Å². The van der Waals surface area contributed by atoms with Gasteiger partial charge in [-0.15, -0.1) is 0 Å². The summed E-state index contributed by atoms with van der Waals surface area (Å²) in [4.78, 5) is 41.6. The molecule has 34 heavy (non-hydrogen) atoms. The van der Waals surface area contributed by atoms with Crippen LogP contribution in [0.2, 0.25) is 0 Å². The fourth-order valence-corrected chi connectivity index (χ4v) is 5.13. The highest BCUT2D eigenvalue weighted by atomic mass is 32.1. The second-order valence-corrected chi connectivity index (χ2v) is 8.81. The summed E-state index contributed by atoms with van der Waals surface area (Å²) in [6.07, 6.45) is 0.505. The lowest BCUT2D eigenvalue weighted by atomic mass is 9.93. The number of hydrogen-bond acceptors (Lipinski definition) is 6. The Morgan fingerprint density at radius 2 is 1.29 bits per heavy atom. The van der Waals surface area contributed by atoms with E-state index in [0.29, 0.717) is 31.0 Å². The third-order valence-electron chi connectivity index (χ3n) is 6.19. The lowest BCUT2D eigenvalue weighted by Gasteiger charge is -2.38. The highest BCUT2D eigenvalue weighted by Gasteiger charge is 2.42. The monoisotopic (exact) mass is 502 g/mol. The van der Waals surface area contributed by atoms with Crippen LogP contribution in [0.4, 0.5) is 0 Å². The van der Waals surface area contributed by atoms with Gasteiger partial charge in [-0.25, -0.2) is 0 Å². The topological polar surface area (TPSA) is 87.8 Å². The minimum atomic E-state index is -0.818. The molecule has 1 aliphatic heterocycles. The number of carbonyl (C=O) groups is 2. The number of hydrogen-bond donors (Lipinski definition) is 1. The normalized spacial score (nSPS) is 14.9. The molecule has 0 spiro atoms. The molecule has 0 bridgehead atoms. The molecular formula is C24H30N4O4S2. The van der Waals surface area contributed by atoms with E-state index >= 15 is 0 Å². The van der Waals surface area contributed by atoms with Crippen molar-refractivity contribution in [1.29, 1.82) is 0 Å². The van der Waals surface area contributed by atoms with Gasteiger partial charge in [-0.2, -0.15) is 0 Å². The van der Waals surface area contributed by atoms with Crippen LogP contribution in [0.5, 0.6) is 5.88 Å². The standard InChI is InChI=1S/C24H30N4O4S2/c1-5-25-19(29)17(20(30)26(6-2)23(25)33)13-15-9-11-16(12-10-15)14-18-21(31)27(7-3)24(34)28(8-4)22(18)32/h9-12,17,31H,5-8,13-14H2,1-4H3. The highest BCUT2D eigenvalue weighted by Crippen LogP contribution is 2.23. The Hall–Kier alpha value is -2.85. The number of nitrogens with zero attached hydrogens (tertiary/aromatic N) is 4. The van der Waals surface area contributed by atoms with E-state index in [9.17, 15) is 19.5 Å². The molecule has 0 unspecified atom stereocenters. The molecule has 8 nitrogen and oxygen atoms in total. The van der Waals surface area contributed by atoms with E-state index in [4.69, 9.17) is 24.4 Å². The second kappa shape index (κ2) is 10.6. The number of carbonyl (C=O) groups excluding carboxylic acids is 2. The summed E-state index contributed by atoms with van der Waals surface area (Å²) in [5, 5.41) is 10.9. The van der Waals surface area contributed by atoms with E-state index in [1.807, 2.05) is 52.0 Å². The van der Waals surface area contributed by atoms with Gasteiger partial charge in [-0.3, -0.25) is 33.3 Å². The molecule has 2 amide bonds. The molecule has 0 atom stereocenters. The molecule has 1 N–H and O–H groups in total. The first-order chi connectivity index (χ1) is 16.2. The third-order valence-corrected chi connectivity index (χ3v) is 7.07. The first-order valence-corrected chi connectivity index (χ1v) is 12.3. The zero-order valence-corrected chi connectivity index (χ0v) is 21.5. The predicted molar refractivity (Wildman–Crippen MR) is 136 cm³/mol. The van der Waals surface area contributed by atoms with Crippen LogP contribution in [-0.4, -0.2) is 54.1 Å². The molecule has 2 heterocycles. The average molecular weight is 503 g/mol. The average Bonchev–Trinajstić information content (AvgIpc) is 2.81. The van der Waals surface area contributed by atoms with Crippen molar-refractivity contribution < 1.29 is 14.7 Å². The van der Waals surface area contributed by atoms with Crippen LogP contribution in [0, 0.1) is 10.7 Å². The predicted octanol–water partition coefficient (Wildman–Crippen LogP) is 2.87. The Bertz CT molecular complexity index is 1210. The molecule has 1 aromatic heterocycles. The highest BCUT2D eigenvalue weighted by molar-refractivity contribution is 7.80. The number of thiocarbonyl (C=S) groups is 1. The SMILES string of the molecule is CCN1C(=O)C(Cc2ccc(Cc3c(O)n(CC)c(=S)n(CC)c3=O)cc2)C(=O)N(CC)C1=S. The summed E-state index contributed by atoms with van der Waals surface area (Å²) in [5.74, 6) is -1.48. The zero-order chi connectivity index (χ0) is 25.2. The van der Waals surface area contributed by atoms with E-state index in [2.05, 4.69) is 0 Å². The molecule has 1 fully saturated rings. The van der Waals surface area contributed by atoms with Crippen molar-refractivity contribution in [3.05, 3.63) is 56.1 Å². The second-order valence-electron chi connectivity index (χ2n) is 8.08. The fraction of sp³-hybridized carbons (Fsp3) is 0.458. The minimum Gasteiger partial charge on any atom is -0.494 e. The molecule has 2 aromatic rings. The van der Waals surface area contributed by atoms with Crippen LogP contribution in [0.15, 0.2) is 29.1 Å². The van der Waals surface area contributed by atoms with Gasteiger partial charge in [0.1, 0.15) is 5.92 Å². The van der Waals surface area contributed by atoms with Gasteiger partial charge < -0.3 is 5.11 Å². The number of rotatable bonds is 8. The summed E-state index contributed by atoms with van der Waals surface area (Å²) < 4.78 is 3.33. The summed E-state index contributed by atoms with van der Waals surface area (Å²) in [6, 6.07) is 7.39. The van der Waals surface area contributed by atoms with Gasteiger partial charge in [-0.05, 0) is 69.7 Å². The maximum absolute atomic E-state index is 12.9. The van der Waals surface area contributed by atoms with Crippen LogP contribution in [-0.2, 0) is 35.5 Å². The summed E-state index contributed by atoms with van der Waals surface area (Å²) in [6.45, 7) is 9.07. The van der Waals surface area contributed by atoms with Crippen molar-refractivity contribution in [1.82, 2.24) is 18.9 Å². The van der Waals surface area contributed by atoms with E-state index in [1.54, 1.807) is 4.57 Å². The Labute approximate surface area is 209 Å². The molecule has 0 radical (unpaired) electrons. The lowest BCUT2D eigenvalue weighted by Crippen LogP contribution is -2.59. The number of aromatic hydroxyl groups is 1. The van der Waals surface area contributed by atoms with Crippen LogP contribution < -0.4 is 5.56 Å². The van der Waals surface area contributed by atoms with Crippen molar-refractivity contribution in [2.45, 2.75) is 53.6 Å².